The summed E-state index contributed by atoms with van der Waals surface area (Å²) in [6, 6.07) is 31.2. The molecule has 142 valence electrons. The Morgan fingerprint density at radius 3 is 1.86 bits per heavy atom. The first kappa shape index (κ1) is 18.5. The minimum atomic E-state index is 0.264. The van der Waals surface area contributed by atoms with Crippen LogP contribution in [-0.4, -0.2) is 11.6 Å². The Hall–Kier alpha value is -3.85. The highest BCUT2D eigenvalue weighted by atomic mass is 16.5. The topological polar surface area (TPSA) is 46.5 Å². The van der Waals surface area contributed by atoms with Gasteiger partial charge in [-0.05, 0) is 52.9 Å². The van der Waals surface area contributed by atoms with Gasteiger partial charge < -0.3 is 9.84 Å². The molecule has 0 aromatic heterocycles. The van der Waals surface area contributed by atoms with Crippen LogP contribution in [0.3, 0.4) is 0 Å². The van der Waals surface area contributed by atoms with Crippen LogP contribution in [0.5, 0.6) is 11.5 Å². The van der Waals surface area contributed by atoms with Gasteiger partial charge in [0.15, 0.2) is 0 Å². The first-order valence-corrected chi connectivity index (χ1v) is 9.40. The Kier molecular flexibility index (Phi) is 5.39. The van der Waals surface area contributed by atoms with Gasteiger partial charge in [0.25, 0.3) is 6.47 Å². The van der Waals surface area contributed by atoms with Gasteiger partial charge in [0.05, 0.1) is 0 Å². The fourth-order valence-corrected chi connectivity index (χ4v) is 3.46. The molecule has 0 fully saturated rings. The standard InChI is InChI=1S/C26H20O3/c27-18-29-26-14-12-20(17-24(26)22-9-5-2-6-10-22)15-19-11-13-25(28)23(16-19)21-7-3-1-4-8-21/h1-14,16-18,28H,15H2. The monoisotopic (exact) mass is 380 g/mol. The molecular weight excluding hydrogens is 360 g/mol. The van der Waals surface area contributed by atoms with Crippen LogP contribution >= 0.6 is 0 Å². The first-order valence-electron chi connectivity index (χ1n) is 9.40. The third-order valence-corrected chi connectivity index (χ3v) is 4.86. The van der Waals surface area contributed by atoms with Crippen LogP contribution in [0.25, 0.3) is 22.3 Å². The van der Waals surface area contributed by atoms with Crippen molar-refractivity contribution in [3.8, 4) is 33.8 Å². The number of rotatable bonds is 6. The van der Waals surface area contributed by atoms with Crippen LogP contribution < -0.4 is 4.74 Å². The predicted molar refractivity (Wildman–Crippen MR) is 115 cm³/mol. The van der Waals surface area contributed by atoms with E-state index in [2.05, 4.69) is 0 Å². The van der Waals surface area contributed by atoms with Crippen molar-refractivity contribution in [2.24, 2.45) is 0 Å². The van der Waals surface area contributed by atoms with Crippen molar-refractivity contribution in [3.05, 3.63) is 108 Å². The highest BCUT2D eigenvalue weighted by Gasteiger charge is 2.10. The van der Waals surface area contributed by atoms with Crippen LogP contribution in [0.4, 0.5) is 0 Å². The summed E-state index contributed by atoms with van der Waals surface area (Å²) in [6.45, 7) is 0.452. The zero-order valence-electron chi connectivity index (χ0n) is 15.8. The maximum atomic E-state index is 10.9. The molecule has 0 saturated carbocycles. The molecule has 0 saturated heterocycles. The van der Waals surface area contributed by atoms with Gasteiger partial charge in [-0.3, -0.25) is 4.79 Å². The summed E-state index contributed by atoms with van der Waals surface area (Å²) in [5, 5.41) is 10.3. The molecule has 0 aliphatic rings. The van der Waals surface area contributed by atoms with Gasteiger partial charge in [-0.1, -0.05) is 72.8 Å². The maximum absolute atomic E-state index is 10.9. The molecule has 4 aromatic carbocycles. The third kappa shape index (κ3) is 4.19. The van der Waals surface area contributed by atoms with Gasteiger partial charge in [0.1, 0.15) is 11.5 Å². The van der Waals surface area contributed by atoms with Gasteiger partial charge in [-0.15, -0.1) is 0 Å². The van der Waals surface area contributed by atoms with Gasteiger partial charge in [0, 0.05) is 11.1 Å². The van der Waals surface area contributed by atoms with E-state index in [0.29, 0.717) is 18.6 Å². The number of phenols is 1. The number of carbonyl (C=O) groups excluding carboxylic acids is 1. The largest absolute Gasteiger partial charge is 0.507 e. The Labute approximate surface area is 169 Å². The lowest BCUT2D eigenvalue weighted by atomic mass is 9.96. The fraction of sp³-hybridized carbons (Fsp3) is 0.0385. The van der Waals surface area contributed by atoms with E-state index in [9.17, 15) is 9.90 Å². The second kappa shape index (κ2) is 8.44. The summed E-state index contributed by atoms with van der Waals surface area (Å²) >= 11 is 0. The van der Waals surface area contributed by atoms with E-state index in [4.69, 9.17) is 4.74 Å². The van der Waals surface area contributed by atoms with E-state index >= 15 is 0 Å². The molecule has 29 heavy (non-hydrogen) atoms. The van der Waals surface area contributed by atoms with E-state index in [1.165, 1.54) is 0 Å². The average molecular weight is 380 g/mol. The SMILES string of the molecule is O=COc1ccc(Cc2ccc(O)c(-c3ccccc3)c2)cc1-c1ccccc1. The molecule has 0 unspecified atom stereocenters. The summed E-state index contributed by atoms with van der Waals surface area (Å²) in [7, 11) is 0. The molecule has 0 aliphatic carbocycles. The molecule has 3 nitrogen and oxygen atoms in total. The van der Waals surface area contributed by atoms with Crippen molar-refractivity contribution in [2.75, 3.05) is 0 Å². The van der Waals surface area contributed by atoms with Crippen LogP contribution in [0.15, 0.2) is 97.1 Å². The smallest absolute Gasteiger partial charge is 0.298 e. The highest BCUT2D eigenvalue weighted by molar-refractivity contribution is 5.73. The van der Waals surface area contributed by atoms with Crippen molar-refractivity contribution < 1.29 is 14.6 Å². The number of aromatic hydroxyl groups is 1. The van der Waals surface area contributed by atoms with Gasteiger partial charge >= 0.3 is 0 Å². The van der Waals surface area contributed by atoms with E-state index < -0.39 is 0 Å². The molecule has 0 atom stereocenters. The summed E-state index contributed by atoms with van der Waals surface area (Å²) in [5.41, 5.74) is 5.83. The number of phenolic OH excluding ortho intramolecular Hbond substituents is 1. The number of carbonyl (C=O) groups is 1. The van der Waals surface area contributed by atoms with Crippen LogP contribution in [0.1, 0.15) is 11.1 Å². The predicted octanol–water partition coefficient (Wildman–Crippen LogP) is 5.85. The minimum Gasteiger partial charge on any atom is -0.507 e. The summed E-state index contributed by atoms with van der Waals surface area (Å²) < 4.78 is 5.18. The van der Waals surface area contributed by atoms with Gasteiger partial charge in [0.2, 0.25) is 0 Å². The molecular formula is C26H20O3. The second-order valence-corrected chi connectivity index (χ2v) is 6.80. The Balaban J connectivity index is 1.69. The molecule has 4 aromatic rings. The average Bonchev–Trinajstić information content (AvgIpc) is 2.77. The highest BCUT2D eigenvalue weighted by Crippen LogP contribution is 2.33. The van der Waals surface area contributed by atoms with Crippen LogP contribution in [0.2, 0.25) is 0 Å². The molecule has 0 spiro atoms. The van der Waals surface area contributed by atoms with Crippen molar-refractivity contribution in [3.63, 3.8) is 0 Å². The number of hydrogen-bond donors (Lipinski definition) is 1. The third-order valence-electron chi connectivity index (χ3n) is 4.86. The number of ether oxygens (including phenoxy) is 1. The van der Waals surface area contributed by atoms with Crippen molar-refractivity contribution in [1.82, 2.24) is 0 Å². The fourth-order valence-electron chi connectivity index (χ4n) is 3.46. The Morgan fingerprint density at radius 1 is 0.690 bits per heavy atom. The Bertz CT molecular complexity index is 1120. The maximum Gasteiger partial charge on any atom is 0.298 e. The van der Waals surface area contributed by atoms with E-state index in [0.717, 1.165) is 33.4 Å². The van der Waals surface area contributed by atoms with Gasteiger partial charge in [-0.2, -0.15) is 0 Å². The number of hydrogen-bond acceptors (Lipinski definition) is 3. The lowest BCUT2D eigenvalue weighted by Gasteiger charge is -2.12. The second-order valence-electron chi connectivity index (χ2n) is 6.80. The van der Waals surface area contributed by atoms with Crippen LogP contribution in [-0.2, 0) is 11.2 Å². The molecule has 0 heterocycles. The summed E-state index contributed by atoms with van der Waals surface area (Å²) in [4.78, 5) is 10.9. The van der Waals surface area contributed by atoms with Gasteiger partial charge in [-0.25, -0.2) is 0 Å². The minimum absolute atomic E-state index is 0.264. The molecule has 0 aliphatic heterocycles. The normalized spacial score (nSPS) is 10.5. The molecule has 0 amide bonds. The summed E-state index contributed by atoms with van der Waals surface area (Å²) in [5.74, 6) is 0.797. The molecule has 1 N–H and O–H groups in total. The first-order chi connectivity index (χ1) is 14.2. The van der Waals surface area contributed by atoms with E-state index in [-0.39, 0.29) is 5.75 Å². The zero-order valence-corrected chi connectivity index (χ0v) is 15.8. The Morgan fingerprint density at radius 2 is 1.24 bits per heavy atom. The van der Waals surface area contributed by atoms with Crippen molar-refractivity contribution in [2.45, 2.75) is 6.42 Å². The lowest BCUT2D eigenvalue weighted by molar-refractivity contribution is -0.120. The van der Waals surface area contributed by atoms with Crippen molar-refractivity contribution >= 4 is 6.47 Å². The quantitative estimate of drug-likeness (QED) is 0.427. The van der Waals surface area contributed by atoms with E-state index in [1.807, 2.05) is 91.0 Å². The lowest BCUT2D eigenvalue weighted by Crippen LogP contribution is -1.95. The van der Waals surface area contributed by atoms with E-state index in [1.54, 1.807) is 6.07 Å². The zero-order chi connectivity index (χ0) is 20.1. The van der Waals surface area contributed by atoms with Crippen LogP contribution in [0, 0.1) is 0 Å². The summed E-state index contributed by atoms with van der Waals surface area (Å²) in [6.07, 6.45) is 0.696. The molecule has 4 rings (SSSR count). The molecule has 3 heteroatoms. The molecule has 0 bridgehead atoms. The number of benzene rings is 4. The van der Waals surface area contributed by atoms with Crippen molar-refractivity contribution in [1.29, 1.82) is 0 Å². The molecule has 0 radical (unpaired) electrons.